The minimum Gasteiger partial charge on any atom is -0.390 e. The van der Waals surface area contributed by atoms with Crippen molar-refractivity contribution in [3.05, 3.63) is 144 Å². The molecule has 0 aromatic heterocycles. The number of aliphatic hydroxyl groups excluding tert-OH is 1. The molecule has 1 saturated carbocycles. The third kappa shape index (κ3) is 8.10. The van der Waals surface area contributed by atoms with Gasteiger partial charge in [-0.05, 0) is 28.7 Å². The van der Waals surface area contributed by atoms with Crippen LogP contribution in [-0.4, -0.2) is 36.1 Å². The van der Waals surface area contributed by atoms with Gasteiger partial charge in [0.15, 0.2) is 0 Å². The second kappa shape index (κ2) is 14.9. The third-order valence-electron chi connectivity index (χ3n) is 7.33. The lowest BCUT2D eigenvalue weighted by molar-refractivity contribution is -0.224. The van der Waals surface area contributed by atoms with Crippen molar-refractivity contribution >= 4 is 0 Å². The summed E-state index contributed by atoms with van der Waals surface area (Å²) in [7, 11) is 0. The Morgan fingerprint density at radius 1 is 0.475 bits per heavy atom. The van der Waals surface area contributed by atoms with E-state index in [2.05, 4.69) is 24.3 Å². The quantitative estimate of drug-likeness (QED) is 0.215. The van der Waals surface area contributed by atoms with E-state index in [1.54, 1.807) is 0 Å². The smallest absolute Gasteiger partial charge is 0.113 e. The maximum Gasteiger partial charge on any atom is 0.113 e. The Hall–Kier alpha value is -3.32. The first-order chi connectivity index (χ1) is 19.8. The Balaban J connectivity index is 1.36. The number of rotatable bonds is 13. The molecule has 1 aliphatic rings. The Labute approximate surface area is 237 Å². The highest BCUT2D eigenvalue weighted by molar-refractivity contribution is 5.16. The molecule has 40 heavy (non-hydrogen) atoms. The summed E-state index contributed by atoms with van der Waals surface area (Å²) in [6.45, 7) is 2.16. The van der Waals surface area contributed by atoms with Crippen molar-refractivity contribution in [2.45, 2.75) is 57.3 Å². The molecule has 0 heterocycles. The zero-order valence-electron chi connectivity index (χ0n) is 22.8. The SMILES string of the molecule is O[C@H]1C[C@H](COCc2ccccc2)[C@@H](OCc2ccccc2)[C@H](OCc2ccccc2)[C@@H]1OCc1ccccc1. The van der Waals surface area contributed by atoms with Gasteiger partial charge in [0, 0.05) is 5.92 Å². The molecular formula is C35H38O5. The van der Waals surface area contributed by atoms with E-state index in [0.717, 1.165) is 22.3 Å². The van der Waals surface area contributed by atoms with E-state index in [1.165, 1.54) is 0 Å². The highest BCUT2D eigenvalue weighted by Crippen LogP contribution is 2.34. The average molecular weight is 539 g/mol. The minimum atomic E-state index is -0.716. The molecule has 5 nitrogen and oxygen atoms in total. The normalized spacial score (nSPS) is 22.7. The van der Waals surface area contributed by atoms with Crippen LogP contribution >= 0.6 is 0 Å². The third-order valence-corrected chi connectivity index (χ3v) is 7.33. The van der Waals surface area contributed by atoms with Gasteiger partial charge < -0.3 is 24.1 Å². The summed E-state index contributed by atoms with van der Waals surface area (Å²) in [4.78, 5) is 0. The predicted molar refractivity (Wildman–Crippen MR) is 155 cm³/mol. The Bertz CT molecular complexity index is 1240. The van der Waals surface area contributed by atoms with E-state index in [0.29, 0.717) is 39.5 Å². The first-order valence-corrected chi connectivity index (χ1v) is 14.0. The van der Waals surface area contributed by atoms with Crippen molar-refractivity contribution in [3.8, 4) is 0 Å². The summed E-state index contributed by atoms with van der Waals surface area (Å²) in [6, 6.07) is 40.4. The molecule has 1 aliphatic carbocycles. The second-order valence-corrected chi connectivity index (χ2v) is 10.3. The van der Waals surface area contributed by atoms with Crippen LogP contribution in [0, 0.1) is 5.92 Å². The summed E-state index contributed by atoms with van der Waals surface area (Å²) >= 11 is 0. The molecule has 0 radical (unpaired) electrons. The lowest BCUT2D eigenvalue weighted by atomic mass is 9.80. The fourth-order valence-electron chi connectivity index (χ4n) is 5.24. The monoisotopic (exact) mass is 538 g/mol. The molecule has 1 N–H and O–H groups in total. The number of benzene rings is 4. The van der Waals surface area contributed by atoms with Crippen LogP contribution < -0.4 is 0 Å². The molecule has 4 aromatic rings. The van der Waals surface area contributed by atoms with Crippen LogP contribution in [0.1, 0.15) is 28.7 Å². The maximum absolute atomic E-state index is 11.4. The topological polar surface area (TPSA) is 57.2 Å². The van der Waals surface area contributed by atoms with Crippen LogP contribution in [0.25, 0.3) is 0 Å². The summed E-state index contributed by atoms with van der Waals surface area (Å²) in [5.41, 5.74) is 4.30. The minimum absolute atomic E-state index is 0.0697. The predicted octanol–water partition coefficient (Wildman–Crippen LogP) is 6.34. The molecule has 0 amide bonds. The van der Waals surface area contributed by atoms with E-state index in [1.807, 2.05) is 97.1 Å². The number of hydrogen-bond acceptors (Lipinski definition) is 5. The summed E-state index contributed by atoms with van der Waals surface area (Å²) in [5.74, 6) is -0.0697. The van der Waals surface area contributed by atoms with Crippen molar-refractivity contribution in [3.63, 3.8) is 0 Å². The van der Waals surface area contributed by atoms with E-state index in [-0.39, 0.29) is 12.0 Å². The molecule has 0 saturated heterocycles. The first-order valence-electron chi connectivity index (χ1n) is 14.0. The average Bonchev–Trinajstić information content (AvgIpc) is 3.01. The van der Waals surface area contributed by atoms with Crippen LogP contribution in [0.3, 0.4) is 0 Å². The first kappa shape index (κ1) is 28.2. The molecule has 0 aliphatic heterocycles. The van der Waals surface area contributed by atoms with Gasteiger partial charge in [-0.25, -0.2) is 0 Å². The molecule has 1 fully saturated rings. The number of ether oxygens (including phenoxy) is 4. The Kier molecular flexibility index (Phi) is 10.5. The zero-order chi connectivity index (χ0) is 27.4. The summed E-state index contributed by atoms with van der Waals surface area (Å²) in [5, 5.41) is 11.4. The molecule has 5 heteroatoms. The Morgan fingerprint density at radius 3 is 1.30 bits per heavy atom. The molecule has 0 bridgehead atoms. The molecule has 5 atom stereocenters. The molecular weight excluding hydrogens is 500 g/mol. The highest BCUT2D eigenvalue weighted by Gasteiger charge is 2.46. The summed E-state index contributed by atoms with van der Waals surface area (Å²) in [6.07, 6.45) is -1.58. The molecule has 0 unspecified atom stereocenters. The van der Waals surface area contributed by atoms with Gasteiger partial charge in [0.25, 0.3) is 0 Å². The van der Waals surface area contributed by atoms with Gasteiger partial charge in [0.2, 0.25) is 0 Å². The molecule has 5 rings (SSSR count). The Morgan fingerprint density at radius 2 is 0.850 bits per heavy atom. The van der Waals surface area contributed by atoms with Gasteiger partial charge in [-0.3, -0.25) is 0 Å². The van der Waals surface area contributed by atoms with E-state index >= 15 is 0 Å². The van der Waals surface area contributed by atoms with Gasteiger partial charge in [0.1, 0.15) is 12.2 Å². The largest absolute Gasteiger partial charge is 0.390 e. The van der Waals surface area contributed by atoms with Gasteiger partial charge >= 0.3 is 0 Å². The molecule has 208 valence electrons. The van der Waals surface area contributed by atoms with E-state index in [9.17, 15) is 5.11 Å². The van der Waals surface area contributed by atoms with Crippen molar-refractivity contribution in [1.82, 2.24) is 0 Å². The molecule has 0 spiro atoms. The van der Waals surface area contributed by atoms with E-state index in [4.69, 9.17) is 18.9 Å². The fourth-order valence-corrected chi connectivity index (χ4v) is 5.24. The second-order valence-electron chi connectivity index (χ2n) is 10.3. The van der Waals surface area contributed by atoms with Crippen molar-refractivity contribution in [2.75, 3.05) is 6.61 Å². The lowest BCUT2D eigenvalue weighted by Gasteiger charge is -2.44. The number of aliphatic hydroxyl groups is 1. The van der Waals surface area contributed by atoms with Crippen LogP contribution in [0.5, 0.6) is 0 Å². The van der Waals surface area contributed by atoms with Crippen molar-refractivity contribution in [1.29, 1.82) is 0 Å². The zero-order valence-corrected chi connectivity index (χ0v) is 22.8. The van der Waals surface area contributed by atoms with Crippen LogP contribution in [0.4, 0.5) is 0 Å². The van der Waals surface area contributed by atoms with Crippen LogP contribution in [0.15, 0.2) is 121 Å². The maximum atomic E-state index is 11.4. The van der Waals surface area contributed by atoms with Crippen molar-refractivity contribution < 1.29 is 24.1 Å². The number of hydrogen-bond donors (Lipinski definition) is 1. The van der Waals surface area contributed by atoms with Crippen LogP contribution in [-0.2, 0) is 45.4 Å². The fraction of sp³-hybridized carbons (Fsp3) is 0.314. The van der Waals surface area contributed by atoms with Gasteiger partial charge in [0.05, 0.1) is 45.2 Å². The van der Waals surface area contributed by atoms with Gasteiger partial charge in [-0.2, -0.15) is 0 Å². The van der Waals surface area contributed by atoms with Crippen LogP contribution in [0.2, 0.25) is 0 Å². The van der Waals surface area contributed by atoms with E-state index < -0.39 is 18.3 Å². The van der Waals surface area contributed by atoms with Gasteiger partial charge in [-0.15, -0.1) is 0 Å². The summed E-state index contributed by atoms with van der Waals surface area (Å²) < 4.78 is 25.8. The van der Waals surface area contributed by atoms with Gasteiger partial charge in [-0.1, -0.05) is 121 Å². The molecule has 4 aromatic carbocycles. The highest BCUT2D eigenvalue weighted by atomic mass is 16.6. The lowest BCUT2D eigenvalue weighted by Crippen LogP contribution is -2.57. The van der Waals surface area contributed by atoms with Crippen molar-refractivity contribution in [2.24, 2.45) is 5.92 Å². The standard InChI is InChI=1S/C35H38O5/c36-32-21-31(26-37-22-27-13-5-1-6-14-27)33(38-23-28-15-7-2-8-16-28)35(40-25-30-19-11-4-12-20-30)34(32)39-24-29-17-9-3-10-18-29/h1-20,31-36H,21-26H2/t31-,32+,33-,34-,35+/m1/s1.